The van der Waals surface area contributed by atoms with E-state index >= 15 is 0 Å². The molecule has 3 rings (SSSR count). The van der Waals surface area contributed by atoms with Crippen LogP contribution >= 0.6 is 0 Å². The Hall–Kier alpha value is -3.29. The van der Waals surface area contributed by atoms with E-state index < -0.39 is 11.4 Å². The van der Waals surface area contributed by atoms with Crippen molar-refractivity contribution in [3.05, 3.63) is 54.0 Å². The number of amides is 3. The first-order chi connectivity index (χ1) is 12.9. The number of carbonyl (C=O) groups is 3. The number of carboxylic acids is 1. The first-order valence-electron chi connectivity index (χ1n) is 8.57. The third-order valence-corrected chi connectivity index (χ3v) is 4.68. The first kappa shape index (κ1) is 18.5. The van der Waals surface area contributed by atoms with Crippen molar-refractivity contribution in [1.82, 2.24) is 10.2 Å². The van der Waals surface area contributed by atoms with Crippen LogP contribution in [0.4, 0.5) is 10.5 Å². The molecule has 1 aliphatic heterocycles. The molecule has 3 N–H and O–H groups in total. The third kappa shape index (κ3) is 4.28. The number of rotatable bonds is 5. The molecular formula is C19H21N3O5. The lowest BCUT2D eigenvalue weighted by Gasteiger charge is -2.20. The Kier molecular flexibility index (Phi) is 5.16. The fourth-order valence-corrected chi connectivity index (χ4v) is 2.90. The zero-order valence-corrected chi connectivity index (χ0v) is 14.9. The molecule has 0 spiro atoms. The van der Waals surface area contributed by atoms with Crippen LogP contribution in [0.15, 0.2) is 47.1 Å². The van der Waals surface area contributed by atoms with Crippen molar-refractivity contribution in [3.63, 3.8) is 0 Å². The second kappa shape index (κ2) is 7.53. The van der Waals surface area contributed by atoms with Crippen molar-refractivity contribution in [1.29, 1.82) is 0 Å². The maximum Gasteiger partial charge on any atom is 0.317 e. The van der Waals surface area contributed by atoms with Crippen molar-refractivity contribution in [2.45, 2.75) is 19.9 Å². The topological polar surface area (TPSA) is 112 Å². The number of hydrogen-bond acceptors (Lipinski definition) is 4. The summed E-state index contributed by atoms with van der Waals surface area (Å²) in [6, 6.07) is 9.99. The molecule has 1 atom stereocenters. The molecule has 0 radical (unpaired) electrons. The summed E-state index contributed by atoms with van der Waals surface area (Å²) in [5.41, 5.74) is 0.591. The summed E-state index contributed by atoms with van der Waals surface area (Å²) in [5, 5.41) is 14.7. The van der Waals surface area contributed by atoms with Gasteiger partial charge in [0.25, 0.3) is 5.91 Å². The molecule has 27 heavy (non-hydrogen) atoms. The van der Waals surface area contributed by atoms with Gasteiger partial charge in [0.05, 0.1) is 11.7 Å². The number of furan rings is 1. The highest BCUT2D eigenvalue weighted by atomic mass is 16.4. The van der Waals surface area contributed by atoms with E-state index in [1.165, 1.54) is 11.2 Å². The van der Waals surface area contributed by atoms with Gasteiger partial charge < -0.3 is 25.1 Å². The van der Waals surface area contributed by atoms with Crippen LogP contribution in [0.2, 0.25) is 0 Å². The minimum absolute atomic E-state index is 0.200. The largest absolute Gasteiger partial charge is 0.481 e. The highest BCUT2D eigenvalue weighted by Gasteiger charge is 2.42. The van der Waals surface area contributed by atoms with Gasteiger partial charge in [-0.25, -0.2) is 4.79 Å². The molecular weight excluding hydrogens is 350 g/mol. The number of hydrogen-bond donors (Lipinski definition) is 3. The fourth-order valence-electron chi connectivity index (χ4n) is 2.90. The molecule has 2 aromatic rings. The lowest BCUT2D eigenvalue weighted by atomic mass is 9.90. The number of benzene rings is 1. The number of aliphatic carboxylic acids is 1. The summed E-state index contributed by atoms with van der Waals surface area (Å²) in [6.45, 7) is 2.59. The van der Waals surface area contributed by atoms with E-state index in [1.807, 2.05) is 0 Å². The van der Waals surface area contributed by atoms with Gasteiger partial charge >= 0.3 is 12.0 Å². The molecule has 2 heterocycles. The van der Waals surface area contributed by atoms with Crippen molar-refractivity contribution in [2.24, 2.45) is 5.41 Å². The first-order valence-corrected chi connectivity index (χ1v) is 8.57. The third-order valence-electron chi connectivity index (χ3n) is 4.68. The van der Waals surface area contributed by atoms with Crippen LogP contribution in [-0.2, 0) is 11.3 Å². The van der Waals surface area contributed by atoms with E-state index in [-0.39, 0.29) is 24.2 Å². The second-order valence-electron chi connectivity index (χ2n) is 6.82. The average Bonchev–Trinajstić information content (AvgIpc) is 3.31. The van der Waals surface area contributed by atoms with Gasteiger partial charge in [-0.2, -0.15) is 0 Å². The SMILES string of the molecule is CC1(C(=O)O)CCN(C(=O)NCc2ccc(NC(=O)c3ccco3)cc2)C1. The van der Waals surface area contributed by atoms with Crippen LogP contribution in [0.5, 0.6) is 0 Å². The molecule has 1 aliphatic rings. The summed E-state index contributed by atoms with van der Waals surface area (Å²) in [7, 11) is 0. The van der Waals surface area contributed by atoms with Gasteiger partial charge in [-0.15, -0.1) is 0 Å². The minimum Gasteiger partial charge on any atom is -0.481 e. The summed E-state index contributed by atoms with van der Waals surface area (Å²) in [6.07, 6.45) is 1.87. The normalized spacial score (nSPS) is 18.9. The molecule has 1 unspecified atom stereocenters. The van der Waals surface area contributed by atoms with Crippen molar-refractivity contribution in [2.75, 3.05) is 18.4 Å². The maximum absolute atomic E-state index is 12.2. The lowest BCUT2D eigenvalue weighted by molar-refractivity contribution is -0.147. The van der Waals surface area contributed by atoms with Gasteiger partial charge in [0.15, 0.2) is 5.76 Å². The number of likely N-dealkylation sites (tertiary alicyclic amines) is 1. The molecule has 142 valence electrons. The zero-order chi connectivity index (χ0) is 19.4. The predicted molar refractivity (Wildman–Crippen MR) is 97.3 cm³/mol. The molecule has 1 saturated heterocycles. The Morgan fingerprint density at radius 1 is 1.22 bits per heavy atom. The van der Waals surface area contributed by atoms with Crippen molar-refractivity contribution < 1.29 is 23.9 Å². The van der Waals surface area contributed by atoms with E-state index in [0.717, 1.165) is 5.56 Å². The van der Waals surface area contributed by atoms with Crippen molar-refractivity contribution in [3.8, 4) is 0 Å². The van der Waals surface area contributed by atoms with Crippen LogP contribution in [-0.4, -0.2) is 41.0 Å². The number of nitrogens with zero attached hydrogens (tertiary/aromatic N) is 1. The van der Waals surface area contributed by atoms with Crippen LogP contribution < -0.4 is 10.6 Å². The molecule has 0 aliphatic carbocycles. The Bertz CT molecular complexity index is 832. The molecule has 8 nitrogen and oxygen atoms in total. The van der Waals surface area contributed by atoms with Crippen LogP contribution in [0.1, 0.15) is 29.5 Å². The lowest BCUT2D eigenvalue weighted by Crippen LogP contribution is -2.40. The number of carbonyl (C=O) groups excluding carboxylic acids is 2. The van der Waals surface area contributed by atoms with Crippen LogP contribution in [0.25, 0.3) is 0 Å². The van der Waals surface area contributed by atoms with Crippen LogP contribution in [0, 0.1) is 5.41 Å². The fraction of sp³-hybridized carbons (Fsp3) is 0.316. The monoisotopic (exact) mass is 371 g/mol. The Morgan fingerprint density at radius 3 is 2.56 bits per heavy atom. The van der Waals surface area contributed by atoms with Gasteiger partial charge in [0, 0.05) is 25.3 Å². The smallest absolute Gasteiger partial charge is 0.317 e. The van der Waals surface area contributed by atoms with E-state index in [0.29, 0.717) is 25.2 Å². The van der Waals surface area contributed by atoms with E-state index in [4.69, 9.17) is 4.42 Å². The van der Waals surface area contributed by atoms with Crippen molar-refractivity contribution >= 4 is 23.6 Å². The van der Waals surface area contributed by atoms with Gasteiger partial charge in [-0.1, -0.05) is 12.1 Å². The Labute approximate surface area is 156 Å². The zero-order valence-electron chi connectivity index (χ0n) is 14.9. The summed E-state index contributed by atoms with van der Waals surface area (Å²) in [4.78, 5) is 36.9. The van der Waals surface area contributed by atoms with E-state index in [9.17, 15) is 19.5 Å². The molecule has 1 aromatic carbocycles. The summed E-state index contributed by atoms with van der Waals surface area (Å²) < 4.78 is 5.03. The van der Waals surface area contributed by atoms with E-state index in [2.05, 4.69) is 10.6 Å². The predicted octanol–water partition coefficient (Wildman–Crippen LogP) is 2.54. The molecule has 8 heteroatoms. The molecule has 1 fully saturated rings. The van der Waals surface area contributed by atoms with Gasteiger partial charge in [0.2, 0.25) is 0 Å². The summed E-state index contributed by atoms with van der Waals surface area (Å²) >= 11 is 0. The number of urea groups is 1. The average molecular weight is 371 g/mol. The highest BCUT2D eigenvalue weighted by Crippen LogP contribution is 2.30. The number of carboxylic acid groups (broad SMARTS) is 1. The number of nitrogens with one attached hydrogen (secondary N) is 2. The molecule has 0 bridgehead atoms. The quantitative estimate of drug-likeness (QED) is 0.748. The standard InChI is InChI=1S/C19H21N3O5/c1-19(17(24)25)8-9-22(12-19)18(26)20-11-13-4-6-14(7-5-13)21-16(23)15-3-2-10-27-15/h2-7,10H,8-9,11-12H2,1H3,(H,20,26)(H,21,23)(H,24,25). The Balaban J connectivity index is 1.49. The van der Waals surface area contributed by atoms with Gasteiger partial charge in [-0.3, -0.25) is 9.59 Å². The van der Waals surface area contributed by atoms with Crippen LogP contribution in [0.3, 0.4) is 0 Å². The number of anilines is 1. The summed E-state index contributed by atoms with van der Waals surface area (Å²) in [5.74, 6) is -0.994. The maximum atomic E-state index is 12.2. The van der Waals surface area contributed by atoms with Gasteiger partial charge in [0.1, 0.15) is 0 Å². The molecule has 3 amide bonds. The van der Waals surface area contributed by atoms with E-state index in [1.54, 1.807) is 43.3 Å². The minimum atomic E-state index is -0.884. The molecule has 1 aromatic heterocycles. The van der Waals surface area contributed by atoms with Gasteiger partial charge in [-0.05, 0) is 43.2 Å². The second-order valence-corrected chi connectivity index (χ2v) is 6.82. The highest BCUT2D eigenvalue weighted by molar-refractivity contribution is 6.02. The molecule has 0 saturated carbocycles. The Morgan fingerprint density at radius 2 is 1.96 bits per heavy atom.